The first-order valence-corrected chi connectivity index (χ1v) is 3.79. The second-order valence-electron chi connectivity index (χ2n) is 2.38. The average Bonchev–Trinajstić information content (AvgIpc) is 2.10. The number of hydrogen-bond donors (Lipinski definition) is 3. The molecule has 1 aromatic rings. The lowest BCUT2D eigenvalue weighted by atomic mass is 10.2. The maximum absolute atomic E-state index is 11.1. The van der Waals surface area contributed by atoms with Crippen molar-refractivity contribution in [2.24, 2.45) is 0 Å². The van der Waals surface area contributed by atoms with E-state index in [4.69, 9.17) is 10.2 Å². The third-order valence-electron chi connectivity index (χ3n) is 1.45. The maximum Gasteiger partial charge on any atom is 0.261 e. The lowest BCUT2D eigenvalue weighted by Gasteiger charge is -1.94. The molecular formula is C8H10N2O3. The number of hydrogen-bond acceptors (Lipinski definition) is 4. The van der Waals surface area contributed by atoms with Crippen LogP contribution in [0, 0.1) is 0 Å². The number of aromatic amines is 1. The van der Waals surface area contributed by atoms with Crippen molar-refractivity contribution in [2.45, 2.75) is 6.42 Å². The van der Waals surface area contributed by atoms with E-state index in [-0.39, 0.29) is 18.1 Å². The Bertz CT molecular complexity index is 357. The molecule has 3 N–H and O–H groups in total. The molecule has 0 saturated heterocycles. The summed E-state index contributed by atoms with van der Waals surface area (Å²) in [5, 5.41) is 17.6. The van der Waals surface area contributed by atoms with Crippen LogP contribution in [0.5, 0.6) is 5.88 Å². The summed E-state index contributed by atoms with van der Waals surface area (Å²) in [6.45, 7) is 0.00935. The van der Waals surface area contributed by atoms with E-state index in [1.165, 1.54) is 6.08 Å². The molecule has 13 heavy (non-hydrogen) atoms. The van der Waals surface area contributed by atoms with Crippen LogP contribution in [0.2, 0.25) is 0 Å². The first-order chi connectivity index (χ1) is 6.25. The monoisotopic (exact) mass is 182 g/mol. The van der Waals surface area contributed by atoms with Crippen molar-refractivity contribution in [1.82, 2.24) is 9.97 Å². The lowest BCUT2D eigenvalue weighted by molar-refractivity contribution is 0.303. The van der Waals surface area contributed by atoms with Crippen molar-refractivity contribution in [3.8, 4) is 5.88 Å². The molecule has 0 amide bonds. The first kappa shape index (κ1) is 9.47. The van der Waals surface area contributed by atoms with Gasteiger partial charge in [0, 0.05) is 6.61 Å². The number of aromatic nitrogens is 2. The van der Waals surface area contributed by atoms with Crippen LogP contribution >= 0.6 is 0 Å². The molecule has 5 nitrogen and oxygen atoms in total. The lowest BCUT2D eigenvalue weighted by Crippen LogP contribution is -2.09. The van der Waals surface area contributed by atoms with E-state index in [2.05, 4.69) is 9.97 Å². The van der Waals surface area contributed by atoms with Crippen molar-refractivity contribution in [2.75, 3.05) is 6.61 Å². The second kappa shape index (κ2) is 4.42. The Morgan fingerprint density at radius 3 is 3.00 bits per heavy atom. The third kappa shape index (κ3) is 2.41. The Balaban J connectivity index is 2.94. The fourth-order valence-corrected chi connectivity index (χ4v) is 0.827. The molecule has 0 aromatic carbocycles. The Kier molecular flexibility index (Phi) is 3.22. The Labute approximate surface area is 74.4 Å². The Morgan fingerprint density at radius 2 is 2.38 bits per heavy atom. The minimum absolute atomic E-state index is 0.00935. The predicted octanol–water partition coefficient (Wildman–Crippen LogP) is -0.129. The molecule has 0 unspecified atom stereocenters. The summed E-state index contributed by atoms with van der Waals surface area (Å²) in [5.74, 6) is -0.307. The molecule has 0 fully saturated rings. The molecule has 0 aliphatic rings. The highest BCUT2D eigenvalue weighted by Crippen LogP contribution is 2.07. The highest BCUT2D eigenvalue weighted by atomic mass is 16.3. The molecule has 0 bridgehead atoms. The molecule has 70 valence electrons. The van der Waals surface area contributed by atoms with Crippen LogP contribution in [-0.4, -0.2) is 26.8 Å². The molecule has 0 radical (unpaired) electrons. The SMILES string of the molecule is O=c1[nH]cnc(O)c1C=CCCO. The minimum Gasteiger partial charge on any atom is -0.493 e. The van der Waals surface area contributed by atoms with Crippen LogP contribution in [0.1, 0.15) is 12.0 Å². The van der Waals surface area contributed by atoms with Crippen molar-refractivity contribution < 1.29 is 10.2 Å². The van der Waals surface area contributed by atoms with Gasteiger partial charge < -0.3 is 15.2 Å². The van der Waals surface area contributed by atoms with Crippen molar-refractivity contribution in [1.29, 1.82) is 0 Å². The Hall–Kier alpha value is -1.62. The van der Waals surface area contributed by atoms with Crippen LogP contribution in [0.4, 0.5) is 0 Å². The number of aliphatic hydroxyl groups excluding tert-OH is 1. The van der Waals surface area contributed by atoms with E-state index in [1.807, 2.05) is 0 Å². The summed E-state index contributed by atoms with van der Waals surface area (Å²) in [6.07, 6.45) is 4.58. The van der Waals surface area contributed by atoms with Gasteiger partial charge in [-0.2, -0.15) is 0 Å². The van der Waals surface area contributed by atoms with Crippen LogP contribution < -0.4 is 5.56 Å². The number of nitrogens with one attached hydrogen (secondary N) is 1. The number of nitrogens with zero attached hydrogens (tertiary/aromatic N) is 1. The fourth-order valence-electron chi connectivity index (χ4n) is 0.827. The zero-order valence-electron chi connectivity index (χ0n) is 6.90. The van der Waals surface area contributed by atoms with Crippen molar-refractivity contribution >= 4 is 6.08 Å². The van der Waals surface area contributed by atoms with Gasteiger partial charge in [-0.1, -0.05) is 6.08 Å². The van der Waals surface area contributed by atoms with E-state index in [0.29, 0.717) is 6.42 Å². The normalized spacial score (nSPS) is 10.8. The number of aromatic hydroxyl groups is 1. The van der Waals surface area contributed by atoms with Gasteiger partial charge in [0.25, 0.3) is 5.56 Å². The van der Waals surface area contributed by atoms with Gasteiger partial charge in [-0.05, 0) is 12.5 Å². The maximum atomic E-state index is 11.1. The van der Waals surface area contributed by atoms with E-state index < -0.39 is 5.56 Å². The van der Waals surface area contributed by atoms with Gasteiger partial charge in [-0.25, -0.2) is 4.98 Å². The van der Waals surface area contributed by atoms with Gasteiger partial charge in [-0.15, -0.1) is 0 Å². The summed E-state index contributed by atoms with van der Waals surface area (Å²) in [6, 6.07) is 0. The standard InChI is InChI=1S/C8H10N2O3/c11-4-2-1-3-6-7(12)9-5-10-8(6)13/h1,3,5,11H,2,4H2,(H2,9,10,12,13). The van der Waals surface area contributed by atoms with E-state index in [0.717, 1.165) is 6.33 Å². The van der Waals surface area contributed by atoms with Crippen LogP contribution in [-0.2, 0) is 0 Å². The molecule has 1 rings (SSSR count). The molecule has 1 heterocycles. The van der Waals surface area contributed by atoms with Gasteiger partial charge in [0.15, 0.2) is 0 Å². The van der Waals surface area contributed by atoms with Crippen LogP contribution in [0.15, 0.2) is 17.2 Å². The van der Waals surface area contributed by atoms with Crippen molar-refractivity contribution in [3.05, 3.63) is 28.3 Å². The van der Waals surface area contributed by atoms with Crippen molar-refractivity contribution in [3.63, 3.8) is 0 Å². The summed E-state index contributed by atoms with van der Waals surface area (Å²) in [5.41, 5.74) is -0.294. The molecular weight excluding hydrogens is 172 g/mol. The molecule has 1 aromatic heterocycles. The summed E-state index contributed by atoms with van der Waals surface area (Å²) in [4.78, 5) is 16.9. The van der Waals surface area contributed by atoms with E-state index in [9.17, 15) is 4.79 Å². The molecule has 5 heteroatoms. The largest absolute Gasteiger partial charge is 0.493 e. The third-order valence-corrected chi connectivity index (χ3v) is 1.45. The highest BCUT2D eigenvalue weighted by Gasteiger charge is 2.01. The predicted molar refractivity (Wildman–Crippen MR) is 47.3 cm³/mol. The van der Waals surface area contributed by atoms with Gasteiger partial charge in [0.05, 0.1) is 6.33 Å². The van der Waals surface area contributed by atoms with Gasteiger partial charge in [0.2, 0.25) is 5.88 Å². The van der Waals surface area contributed by atoms with Crippen LogP contribution in [0.3, 0.4) is 0 Å². The quantitative estimate of drug-likeness (QED) is 0.607. The smallest absolute Gasteiger partial charge is 0.261 e. The molecule has 0 atom stereocenters. The van der Waals surface area contributed by atoms with Gasteiger partial charge >= 0.3 is 0 Å². The van der Waals surface area contributed by atoms with Gasteiger partial charge in [-0.3, -0.25) is 4.79 Å². The van der Waals surface area contributed by atoms with Gasteiger partial charge in [0.1, 0.15) is 5.56 Å². The average molecular weight is 182 g/mol. The Morgan fingerprint density at radius 1 is 1.62 bits per heavy atom. The molecule has 0 aliphatic carbocycles. The fraction of sp³-hybridized carbons (Fsp3) is 0.250. The highest BCUT2D eigenvalue weighted by molar-refractivity contribution is 5.52. The zero-order valence-corrected chi connectivity index (χ0v) is 6.90. The summed E-state index contributed by atoms with van der Waals surface area (Å²) >= 11 is 0. The summed E-state index contributed by atoms with van der Waals surface area (Å²) < 4.78 is 0. The minimum atomic E-state index is -0.401. The second-order valence-corrected chi connectivity index (χ2v) is 2.38. The van der Waals surface area contributed by atoms with E-state index in [1.54, 1.807) is 6.08 Å². The van der Waals surface area contributed by atoms with Crippen LogP contribution in [0.25, 0.3) is 6.08 Å². The topological polar surface area (TPSA) is 86.2 Å². The molecule has 0 spiro atoms. The first-order valence-electron chi connectivity index (χ1n) is 3.79. The number of rotatable bonds is 3. The molecule has 0 saturated carbocycles. The zero-order chi connectivity index (χ0) is 9.68. The van der Waals surface area contributed by atoms with E-state index >= 15 is 0 Å². The molecule has 0 aliphatic heterocycles. The summed E-state index contributed by atoms with van der Waals surface area (Å²) in [7, 11) is 0. The number of aliphatic hydroxyl groups is 1. The number of H-pyrrole nitrogens is 1.